The quantitative estimate of drug-likeness (QED) is 0.617. The third-order valence-electron chi connectivity index (χ3n) is 5.76. The first-order chi connectivity index (χ1) is 15.7. The first-order valence-corrected chi connectivity index (χ1v) is 11.3. The van der Waals surface area contributed by atoms with Crippen molar-refractivity contribution < 1.29 is 9.21 Å². The fourth-order valence-corrected chi connectivity index (χ4v) is 3.84. The summed E-state index contributed by atoms with van der Waals surface area (Å²) in [5.74, 6) is 2.68. The molecule has 3 aromatic heterocycles. The van der Waals surface area contributed by atoms with Gasteiger partial charge in [-0.05, 0) is 19.3 Å². The number of rotatable bonds is 5. The Hall–Kier alpha value is -3.37. The number of carbonyl (C=O) groups is 1. The fraction of sp³-hybridized carbons (Fsp3) is 0.591. The number of aryl methyl sites for hydroxylation is 1. The van der Waals surface area contributed by atoms with Crippen LogP contribution in [0.2, 0.25) is 0 Å². The van der Waals surface area contributed by atoms with Gasteiger partial charge in [-0.3, -0.25) is 4.79 Å². The van der Waals surface area contributed by atoms with Crippen molar-refractivity contribution in [3.05, 3.63) is 17.9 Å². The summed E-state index contributed by atoms with van der Waals surface area (Å²) < 4.78 is 7.50. The molecule has 0 aromatic carbocycles. The number of nitrogen functional groups attached to an aromatic ring is 1. The minimum atomic E-state index is -0.291. The van der Waals surface area contributed by atoms with Crippen LogP contribution in [0.4, 0.5) is 5.82 Å². The second kappa shape index (κ2) is 8.87. The predicted molar refractivity (Wildman–Crippen MR) is 122 cm³/mol. The van der Waals surface area contributed by atoms with Crippen molar-refractivity contribution in [3.63, 3.8) is 0 Å². The van der Waals surface area contributed by atoms with Crippen LogP contribution in [0, 0.1) is 0 Å². The highest BCUT2D eigenvalue weighted by Gasteiger charge is 2.28. The van der Waals surface area contributed by atoms with E-state index in [4.69, 9.17) is 15.1 Å². The molecule has 3 aromatic rings. The van der Waals surface area contributed by atoms with Gasteiger partial charge in [-0.1, -0.05) is 27.7 Å². The Bertz CT molecular complexity index is 1140. The zero-order valence-corrected chi connectivity index (χ0v) is 19.9. The summed E-state index contributed by atoms with van der Waals surface area (Å²) >= 11 is 0. The zero-order chi connectivity index (χ0) is 23.8. The van der Waals surface area contributed by atoms with Crippen LogP contribution >= 0.6 is 0 Å². The number of nitrogens with zero attached hydrogens (tertiary/aromatic N) is 8. The van der Waals surface area contributed by atoms with Gasteiger partial charge >= 0.3 is 0 Å². The van der Waals surface area contributed by atoms with Gasteiger partial charge in [0.2, 0.25) is 11.8 Å². The largest absolute Gasteiger partial charge is 0.419 e. The van der Waals surface area contributed by atoms with Crippen LogP contribution in [0.25, 0.3) is 23.1 Å². The molecule has 1 fully saturated rings. The Labute approximate surface area is 192 Å². The van der Waals surface area contributed by atoms with Crippen LogP contribution in [-0.2, 0) is 17.3 Å². The molecule has 1 aliphatic heterocycles. The highest BCUT2D eigenvalue weighted by atomic mass is 16.4. The number of amides is 1. The van der Waals surface area contributed by atoms with E-state index in [1.165, 1.54) is 0 Å². The van der Waals surface area contributed by atoms with E-state index in [1.54, 1.807) is 10.9 Å². The number of likely N-dealkylation sites (tertiary alicyclic amines) is 1. The minimum Gasteiger partial charge on any atom is -0.419 e. The lowest BCUT2D eigenvalue weighted by atomic mass is 9.96. The monoisotopic (exact) mass is 453 g/mol. The van der Waals surface area contributed by atoms with Gasteiger partial charge in [-0.15, -0.1) is 10.2 Å². The second-order valence-corrected chi connectivity index (χ2v) is 9.47. The van der Waals surface area contributed by atoms with Crippen molar-refractivity contribution in [1.29, 1.82) is 0 Å². The fourth-order valence-electron chi connectivity index (χ4n) is 3.84. The summed E-state index contributed by atoms with van der Waals surface area (Å²) in [7, 11) is 1.83. The van der Waals surface area contributed by atoms with Gasteiger partial charge in [0, 0.05) is 37.9 Å². The lowest BCUT2D eigenvalue weighted by Crippen LogP contribution is -2.37. The van der Waals surface area contributed by atoms with Crippen molar-refractivity contribution in [2.24, 2.45) is 7.05 Å². The van der Waals surface area contributed by atoms with Crippen LogP contribution in [-0.4, -0.2) is 58.8 Å². The van der Waals surface area contributed by atoms with Crippen molar-refractivity contribution in [2.45, 2.75) is 64.7 Å². The first-order valence-electron chi connectivity index (χ1n) is 11.3. The van der Waals surface area contributed by atoms with E-state index < -0.39 is 0 Å². The number of hydrogen-bond donors (Lipinski definition) is 1. The molecule has 4 heterocycles. The molecule has 176 valence electrons. The Morgan fingerprint density at radius 1 is 1.21 bits per heavy atom. The Morgan fingerprint density at radius 3 is 2.58 bits per heavy atom. The normalized spacial score (nSPS) is 15.2. The number of piperidine rings is 1. The summed E-state index contributed by atoms with van der Waals surface area (Å²) in [4.78, 5) is 27.8. The molecule has 0 atom stereocenters. The Morgan fingerprint density at radius 2 is 1.94 bits per heavy atom. The van der Waals surface area contributed by atoms with Gasteiger partial charge in [0.1, 0.15) is 5.69 Å². The van der Waals surface area contributed by atoms with Crippen molar-refractivity contribution in [2.75, 3.05) is 18.8 Å². The van der Waals surface area contributed by atoms with Gasteiger partial charge in [0.25, 0.3) is 5.89 Å². The van der Waals surface area contributed by atoms with Crippen LogP contribution in [0.3, 0.4) is 0 Å². The maximum Gasteiger partial charge on any atom is 0.270 e. The van der Waals surface area contributed by atoms with E-state index in [9.17, 15) is 4.79 Å². The third-order valence-corrected chi connectivity index (χ3v) is 5.76. The molecule has 4 rings (SSSR count). The van der Waals surface area contributed by atoms with Crippen LogP contribution in [0.5, 0.6) is 0 Å². The van der Waals surface area contributed by atoms with Gasteiger partial charge < -0.3 is 15.1 Å². The molecule has 1 aliphatic rings. The Balaban J connectivity index is 1.56. The van der Waals surface area contributed by atoms with Gasteiger partial charge in [-0.25, -0.2) is 19.6 Å². The van der Waals surface area contributed by atoms with E-state index in [-0.39, 0.29) is 28.9 Å². The molecular weight excluding hydrogens is 422 g/mol. The average Bonchev–Trinajstić information content (AvgIpc) is 3.42. The maximum atomic E-state index is 12.2. The molecule has 0 aliphatic carbocycles. The molecule has 1 amide bonds. The summed E-state index contributed by atoms with van der Waals surface area (Å²) in [6.45, 7) is 9.45. The Kier molecular flexibility index (Phi) is 6.13. The molecule has 33 heavy (non-hydrogen) atoms. The van der Waals surface area contributed by atoms with Crippen LogP contribution in [0.15, 0.2) is 10.6 Å². The summed E-state index contributed by atoms with van der Waals surface area (Å²) in [5, 5.41) is 12.9. The number of carbonyl (C=O) groups excluding carboxylic acids is 1. The smallest absolute Gasteiger partial charge is 0.270 e. The van der Waals surface area contributed by atoms with Crippen molar-refractivity contribution in [1.82, 2.24) is 39.8 Å². The molecule has 2 N–H and O–H groups in total. The highest BCUT2D eigenvalue weighted by molar-refractivity contribution is 5.76. The molecule has 0 radical (unpaired) electrons. The summed E-state index contributed by atoms with van der Waals surface area (Å²) in [6.07, 6.45) is 4.73. The number of nitrogens with two attached hydrogens (primary N) is 1. The van der Waals surface area contributed by atoms with Crippen molar-refractivity contribution in [3.8, 4) is 23.1 Å². The van der Waals surface area contributed by atoms with Crippen LogP contribution < -0.4 is 5.73 Å². The molecule has 1 saturated heterocycles. The SMILES string of the molecule is CCCC(=O)N1CCC(c2nc(-c3cnc(N)c(-c4nnc(C(C)(C)C)o4)n3)n(C)n2)CC1. The molecule has 11 nitrogen and oxygen atoms in total. The number of hydrogen-bond acceptors (Lipinski definition) is 9. The second-order valence-electron chi connectivity index (χ2n) is 9.47. The average molecular weight is 454 g/mol. The topological polar surface area (TPSA) is 142 Å². The summed E-state index contributed by atoms with van der Waals surface area (Å²) in [5.41, 5.74) is 6.61. The van der Waals surface area contributed by atoms with Crippen LogP contribution in [0.1, 0.15) is 71.0 Å². The van der Waals surface area contributed by atoms with Crippen molar-refractivity contribution >= 4 is 11.7 Å². The van der Waals surface area contributed by atoms with Gasteiger partial charge in [0.15, 0.2) is 23.2 Å². The van der Waals surface area contributed by atoms with Gasteiger partial charge in [-0.2, -0.15) is 5.10 Å². The molecule has 0 saturated carbocycles. The molecular formula is C22H31N9O2. The van der Waals surface area contributed by atoms with Gasteiger partial charge in [0.05, 0.1) is 6.20 Å². The third kappa shape index (κ3) is 4.71. The lowest BCUT2D eigenvalue weighted by molar-refractivity contribution is -0.132. The molecule has 11 heteroatoms. The standard InChI is InChI=1S/C22H31N9O2/c1-6-7-15(32)31-10-8-13(9-11-31)18-26-19(30(5)29-18)14-12-24-17(23)16(25-14)20-27-28-21(33-20)22(2,3)4/h12-13H,6-11H2,1-5H3,(H2,23,24). The predicted octanol–water partition coefficient (Wildman–Crippen LogP) is 2.71. The zero-order valence-electron chi connectivity index (χ0n) is 19.9. The number of anilines is 1. The van der Waals surface area contributed by atoms with E-state index in [0.29, 0.717) is 29.5 Å². The summed E-state index contributed by atoms with van der Waals surface area (Å²) in [6, 6.07) is 0. The first kappa shape index (κ1) is 22.8. The molecule has 0 unspecified atom stereocenters. The van der Waals surface area contributed by atoms with E-state index in [2.05, 4.69) is 25.3 Å². The van der Waals surface area contributed by atoms with E-state index >= 15 is 0 Å². The minimum absolute atomic E-state index is 0.196. The lowest BCUT2D eigenvalue weighted by Gasteiger charge is -2.30. The maximum absolute atomic E-state index is 12.2. The molecule has 0 bridgehead atoms. The van der Waals surface area contributed by atoms with E-state index in [0.717, 1.165) is 38.2 Å². The number of aromatic nitrogens is 7. The molecule has 0 spiro atoms. The highest BCUT2D eigenvalue weighted by Crippen LogP contribution is 2.30. The van der Waals surface area contributed by atoms with E-state index in [1.807, 2.05) is 39.6 Å².